The van der Waals surface area contributed by atoms with E-state index >= 15 is 0 Å². The molecule has 1 heteroatoms. The van der Waals surface area contributed by atoms with Gasteiger partial charge in [0.15, 0.2) is 8.07 Å². The molecule has 0 bridgehead atoms. The Kier molecular flexibility index (Phi) is 7.30. The van der Waals surface area contributed by atoms with Crippen molar-refractivity contribution in [1.29, 1.82) is 0 Å². The monoisotopic (exact) mass is 596 g/mol. The lowest BCUT2D eigenvalue weighted by molar-refractivity contribution is 1.32. The van der Waals surface area contributed by atoms with E-state index in [0.29, 0.717) is 0 Å². The molecule has 7 rings (SSSR count). The number of hydrogen-bond acceptors (Lipinski definition) is 0. The van der Waals surface area contributed by atoms with Crippen LogP contribution in [-0.2, 0) is 0 Å². The van der Waals surface area contributed by atoms with Crippen LogP contribution in [0.2, 0.25) is 0 Å². The first-order valence-electron chi connectivity index (χ1n) is 16.0. The van der Waals surface area contributed by atoms with Gasteiger partial charge in [-0.15, -0.1) is 0 Å². The quantitative estimate of drug-likeness (QED) is 0.178. The van der Waals surface area contributed by atoms with Crippen molar-refractivity contribution in [3.8, 4) is 22.3 Å². The Hall–Kier alpha value is -4.72. The van der Waals surface area contributed by atoms with Crippen LogP contribution in [0, 0.1) is 41.5 Å². The van der Waals surface area contributed by atoms with Gasteiger partial charge in [0.05, 0.1) is 0 Å². The number of rotatable bonds is 4. The van der Waals surface area contributed by atoms with E-state index in [-0.39, 0.29) is 0 Å². The lowest BCUT2D eigenvalue weighted by Crippen LogP contribution is -2.75. The summed E-state index contributed by atoms with van der Waals surface area (Å²) in [5, 5.41) is 5.71. The molecule has 220 valence electrons. The molecule has 0 amide bonds. The van der Waals surface area contributed by atoms with Crippen LogP contribution in [0.5, 0.6) is 0 Å². The Bertz CT molecular complexity index is 1900. The minimum atomic E-state index is -2.81. The number of fused-ring (bicyclic) bond motifs is 2. The predicted molar refractivity (Wildman–Crippen MR) is 198 cm³/mol. The Morgan fingerprint density at radius 2 is 0.733 bits per heavy atom. The van der Waals surface area contributed by atoms with Gasteiger partial charge in [0.2, 0.25) is 0 Å². The normalized spacial score (nSPS) is 13.2. The van der Waals surface area contributed by atoms with Gasteiger partial charge in [-0.25, -0.2) is 0 Å². The fourth-order valence-corrected chi connectivity index (χ4v) is 13.5. The van der Waals surface area contributed by atoms with Crippen molar-refractivity contribution in [2.45, 2.75) is 41.5 Å². The Morgan fingerprint density at radius 1 is 0.378 bits per heavy atom. The fraction of sp³-hybridized carbons (Fsp3) is 0.136. The SMILES string of the molecule is Cc1cc(C)c(-c2cccc3c2C=Cc2c(-c4c(C)cc(C)cc4C)cccc2[Si]3(c2ccccc2)c2ccccc2)c(C)c1. The average molecular weight is 597 g/mol. The molecule has 0 radical (unpaired) electrons. The summed E-state index contributed by atoms with van der Waals surface area (Å²) in [6, 6.07) is 46.2. The molecule has 1 aliphatic heterocycles. The van der Waals surface area contributed by atoms with Crippen molar-refractivity contribution < 1.29 is 0 Å². The predicted octanol–water partition coefficient (Wildman–Crippen LogP) is 8.73. The molecule has 0 aliphatic carbocycles. The third-order valence-corrected chi connectivity index (χ3v) is 14.6. The van der Waals surface area contributed by atoms with Crippen LogP contribution in [0.25, 0.3) is 34.4 Å². The summed E-state index contributed by atoms with van der Waals surface area (Å²) in [4.78, 5) is 0. The summed E-state index contributed by atoms with van der Waals surface area (Å²) in [7, 11) is -2.81. The Labute approximate surface area is 269 Å². The largest absolute Gasteiger partial charge is 0.180 e. The Morgan fingerprint density at radius 3 is 1.09 bits per heavy atom. The molecule has 0 nitrogen and oxygen atoms in total. The zero-order valence-electron chi connectivity index (χ0n) is 27.2. The molecule has 0 spiro atoms. The maximum absolute atomic E-state index is 2.81. The lowest BCUT2D eigenvalue weighted by Gasteiger charge is -2.37. The summed E-state index contributed by atoms with van der Waals surface area (Å²) in [5.74, 6) is 0. The molecule has 0 N–H and O–H groups in total. The highest BCUT2D eigenvalue weighted by atomic mass is 28.3. The van der Waals surface area contributed by atoms with E-state index in [1.54, 1.807) is 0 Å². The summed E-state index contributed by atoms with van der Waals surface area (Å²) in [6.07, 6.45) is 4.87. The Balaban J connectivity index is 1.68. The minimum absolute atomic E-state index is 1.31. The molecule has 6 aromatic rings. The fourth-order valence-electron chi connectivity index (χ4n) is 8.27. The van der Waals surface area contributed by atoms with E-state index in [1.807, 2.05) is 0 Å². The highest BCUT2D eigenvalue weighted by Crippen LogP contribution is 2.37. The van der Waals surface area contributed by atoms with Crippen LogP contribution >= 0.6 is 0 Å². The third-order valence-electron chi connectivity index (χ3n) is 9.74. The van der Waals surface area contributed by atoms with Crippen LogP contribution in [-0.4, -0.2) is 8.07 Å². The molecular formula is C44H40Si. The van der Waals surface area contributed by atoms with Gasteiger partial charge < -0.3 is 0 Å². The van der Waals surface area contributed by atoms with Crippen molar-refractivity contribution >= 4 is 41.0 Å². The van der Waals surface area contributed by atoms with E-state index < -0.39 is 8.07 Å². The van der Waals surface area contributed by atoms with Crippen LogP contribution < -0.4 is 20.7 Å². The van der Waals surface area contributed by atoms with Gasteiger partial charge in [0, 0.05) is 0 Å². The smallest absolute Gasteiger partial charge is 0.0623 e. The van der Waals surface area contributed by atoms with Gasteiger partial charge in [-0.1, -0.05) is 145 Å². The first-order chi connectivity index (χ1) is 21.8. The first-order valence-corrected chi connectivity index (χ1v) is 18.0. The number of hydrogen-bond donors (Lipinski definition) is 0. The van der Waals surface area contributed by atoms with Crippen LogP contribution in [0.15, 0.2) is 121 Å². The van der Waals surface area contributed by atoms with Gasteiger partial charge in [-0.3, -0.25) is 0 Å². The van der Waals surface area contributed by atoms with E-state index in [0.717, 1.165) is 0 Å². The molecule has 1 heterocycles. The lowest BCUT2D eigenvalue weighted by atomic mass is 9.89. The van der Waals surface area contributed by atoms with Crippen molar-refractivity contribution in [3.05, 3.63) is 166 Å². The maximum Gasteiger partial charge on any atom is 0.180 e. The molecule has 0 saturated heterocycles. The van der Waals surface area contributed by atoms with Crippen LogP contribution in [0.4, 0.5) is 0 Å². The van der Waals surface area contributed by atoms with Gasteiger partial charge in [-0.05, 0) is 118 Å². The standard InChI is InChI=1S/C44H40Si/c1-29-25-31(3)43(32(4)26-29)39-19-13-21-41-37(39)23-24-38-40(44-33(5)27-30(2)28-34(44)6)20-14-22-42(38)45(41,35-15-9-7-10-16-35)36-17-11-8-12-18-36/h7-28H,1-6H3. The molecule has 45 heavy (non-hydrogen) atoms. The van der Waals surface area contributed by atoms with Crippen LogP contribution in [0.3, 0.4) is 0 Å². The highest BCUT2D eigenvalue weighted by Gasteiger charge is 2.45. The summed E-state index contributed by atoms with van der Waals surface area (Å²) in [5.41, 5.74) is 15.9. The topological polar surface area (TPSA) is 0 Å². The first kappa shape index (κ1) is 29.0. The second kappa shape index (κ2) is 11.3. The second-order valence-electron chi connectivity index (χ2n) is 12.9. The molecule has 1 aliphatic rings. The molecule has 0 fully saturated rings. The van der Waals surface area contributed by atoms with Crippen molar-refractivity contribution in [2.24, 2.45) is 0 Å². The molecule has 6 aromatic carbocycles. The molecule has 0 aromatic heterocycles. The van der Waals surface area contributed by atoms with E-state index in [4.69, 9.17) is 0 Å². The highest BCUT2D eigenvalue weighted by molar-refractivity contribution is 7.20. The number of benzene rings is 6. The zero-order valence-corrected chi connectivity index (χ0v) is 28.2. The second-order valence-corrected chi connectivity index (χ2v) is 16.6. The van der Waals surface area contributed by atoms with E-state index in [9.17, 15) is 0 Å². The van der Waals surface area contributed by atoms with Gasteiger partial charge >= 0.3 is 0 Å². The maximum atomic E-state index is 2.44. The zero-order chi connectivity index (χ0) is 31.3. The molecule has 0 saturated carbocycles. The van der Waals surface area contributed by atoms with Gasteiger partial charge in [0.1, 0.15) is 0 Å². The van der Waals surface area contributed by atoms with Crippen molar-refractivity contribution in [1.82, 2.24) is 0 Å². The van der Waals surface area contributed by atoms with Crippen molar-refractivity contribution in [3.63, 3.8) is 0 Å². The van der Waals surface area contributed by atoms with Crippen molar-refractivity contribution in [2.75, 3.05) is 0 Å². The van der Waals surface area contributed by atoms with E-state index in [1.165, 1.54) is 87.5 Å². The molecule has 0 atom stereocenters. The summed E-state index contributed by atoms with van der Waals surface area (Å²) < 4.78 is 0. The van der Waals surface area contributed by atoms with E-state index in [2.05, 4.69) is 175 Å². The average Bonchev–Trinajstić information content (AvgIpc) is 3.17. The summed E-state index contributed by atoms with van der Waals surface area (Å²) >= 11 is 0. The molecule has 0 unspecified atom stereocenters. The third kappa shape index (κ3) is 4.66. The van der Waals surface area contributed by atoms with Gasteiger partial charge in [0.25, 0.3) is 0 Å². The molecular weight excluding hydrogens is 557 g/mol. The number of aryl methyl sites for hydroxylation is 6. The van der Waals surface area contributed by atoms with Gasteiger partial charge in [-0.2, -0.15) is 0 Å². The van der Waals surface area contributed by atoms with Crippen LogP contribution in [0.1, 0.15) is 44.5 Å². The summed E-state index contributed by atoms with van der Waals surface area (Å²) in [6.45, 7) is 13.5. The minimum Gasteiger partial charge on any atom is -0.0623 e.